The Hall–Kier alpha value is -1.84. The molecule has 0 aliphatic rings. The summed E-state index contributed by atoms with van der Waals surface area (Å²) in [5, 5.41) is 0. The SMILES string of the molecule is Cc1cnc(COc2ccc(F)cc2)n1C(C)C. The average molecular weight is 248 g/mol. The minimum Gasteiger partial charge on any atom is -0.486 e. The molecule has 0 fully saturated rings. The maximum Gasteiger partial charge on any atom is 0.147 e. The molecular formula is C14H17FN2O. The van der Waals surface area contributed by atoms with E-state index >= 15 is 0 Å². The summed E-state index contributed by atoms with van der Waals surface area (Å²) in [6.45, 7) is 6.62. The second-order valence-corrected chi connectivity index (χ2v) is 4.52. The number of aryl methyl sites for hydroxylation is 1. The van der Waals surface area contributed by atoms with E-state index in [2.05, 4.69) is 23.4 Å². The molecule has 0 aliphatic heterocycles. The number of halogens is 1. The summed E-state index contributed by atoms with van der Waals surface area (Å²) in [4.78, 5) is 4.33. The smallest absolute Gasteiger partial charge is 0.147 e. The summed E-state index contributed by atoms with van der Waals surface area (Å²) in [5.74, 6) is 1.26. The van der Waals surface area contributed by atoms with Gasteiger partial charge in [0.15, 0.2) is 0 Å². The number of rotatable bonds is 4. The fraction of sp³-hybridized carbons (Fsp3) is 0.357. The van der Waals surface area contributed by atoms with Crippen LogP contribution < -0.4 is 4.74 Å². The van der Waals surface area contributed by atoms with Crippen LogP contribution in [0.15, 0.2) is 30.5 Å². The van der Waals surface area contributed by atoms with Gasteiger partial charge in [0.2, 0.25) is 0 Å². The summed E-state index contributed by atoms with van der Waals surface area (Å²) in [6.07, 6.45) is 1.84. The Balaban J connectivity index is 2.08. The van der Waals surface area contributed by atoms with E-state index in [-0.39, 0.29) is 5.82 Å². The summed E-state index contributed by atoms with van der Waals surface area (Å²) in [7, 11) is 0. The highest BCUT2D eigenvalue weighted by Gasteiger charge is 2.10. The van der Waals surface area contributed by atoms with Crippen LogP contribution in [-0.2, 0) is 6.61 Å². The van der Waals surface area contributed by atoms with Crippen molar-refractivity contribution in [2.24, 2.45) is 0 Å². The number of hydrogen-bond donors (Lipinski definition) is 0. The Bertz CT molecular complexity index is 517. The molecule has 4 heteroatoms. The third kappa shape index (κ3) is 2.70. The molecule has 96 valence electrons. The van der Waals surface area contributed by atoms with Gasteiger partial charge < -0.3 is 9.30 Å². The summed E-state index contributed by atoms with van der Waals surface area (Å²) in [6, 6.07) is 6.35. The molecule has 3 nitrogen and oxygen atoms in total. The summed E-state index contributed by atoms with van der Waals surface area (Å²) >= 11 is 0. The van der Waals surface area contributed by atoms with E-state index in [1.165, 1.54) is 12.1 Å². The Morgan fingerprint density at radius 1 is 1.28 bits per heavy atom. The third-order valence-electron chi connectivity index (χ3n) is 2.76. The van der Waals surface area contributed by atoms with E-state index in [1.807, 2.05) is 13.1 Å². The zero-order chi connectivity index (χ0) is 13.1. The van der Waals surface area contributed by atoms with Gasteiger partial charge in [0.05, 0.1) is 0 Å². The number of hydrogen-bond acceptors (Lipinski definition) is 2. The van der Waals surface area contributed by atoms with Crippen molar-refractivity contribution in [1.82, 2.24) is 9.55 Å². The summed E-state index contributed by atoms with van der Waals surface area (Å²) in [5.41, 5.74) is 1.11. The van der Waals surface area contributed by atoms with E-state index < -0.39 is 0 Å². The normalized spacial score (nSPS) is 10.9. The first-order chi connectivity index (χ1) is 8.58. The van der Waals surface area contributed by atoms with Crippen LogP contribution in [0.5, 0.6) is 5.75 Å². The van der Waals surface area contributed by atoms with Crippen molar-refractivity contribution >= 4 is 0 Å². The van der Waals surface area contributed by atoms with Gasteiger partial charge in [0, 0.05) is 17.9 Å². The van der Waals surface area contributed by atoms with Crippen LogP contribution in [0.4, 0.5) is 4.39 Å². The monoisotopic (exact) mass is 248 g/mol. The van der Waals surface area contributed by atoms with Gasteiger partial charge in [-0.3, -0.25) is 0 Å². The van der Waals surface area contributed by atoms with E-state index in [4.69, 9.17) is 4.74 Å². The minimum atomic E-state index is -0.262. The third-order valence-corrected chi connectivity index (χ3v) is 2.76. The molecule has 1 heterocycles. The first kappa shape index (κ1) is 12.6. The van der Waals surface area contributed by atoms with Crippen LogP contribution in [0, 0.1) is 12.7 Å². The van der Waals surface area contributed by atoms with Crippen LogP contribution in [0.3, 0.4) is 0 Å². The van der Waals surface area contributed by atoms with Gasteiger partial charge in [-0.1, -0.05) is 0 Å². The quantitative estimate of drug-likeness (QED) is 0.828. The molecule has 0 N–H and O–H groups in total. The van der Waals surface area contributed by atoms with Crippen molar-refractivity contribution in [1.29, 1.82) is 0 Å². The van der Waals surface area contributed by atoms with Crippen molar-refractivity contribution < 1.29 is 9.13 Å². The molecule has 2 rings (SSSR count). The Labute approximate surface area is 106 Å². The number of ether oxygens (including phenoxy) is 1. The number of imidazole rings is 1. The zero-order valence-corrected chi connectivity index (χ0v) is 10.9. The van der Waals surface area contributed by atoms with Crippen LogP contribution in [0.25, 0.3) is 0 Å². The van der Waals surface area contributed by atoms with Crippen molar-refractivity contribution in [3.05, 3.63) is 47.8 Å². The van der Waals surface area contributed by atoms with Gasteiger partial charge in [-0.2, -0.15) is 0 Å². The molecule has 2 aromatic rings. The lowest BCUT2D eigenvalue weighted by Crippen LogP contribution is -2.10. The Morgan fingerprint density at radius 2 is 1.94 bits per heavy atom. The predicted molar refractivity (Wildman–Crippen MR) is 68.1 cm³/mol. The molecule has 1 aromatic heterocycles. The standard InChI is InChI=1S/C14H17FN2O/c1-10(2)17-11(3)8-16-14(17)9-18-13-6-4-12(15)5-7-13/h4-8,10H,9H2,1-3H3. The van der Waals surface area contributed by atoms with E-state index in [0.29, 0.717) is 18.4 Å². The van der Waals surface area contributed by atoms with Crippen molar-refractivity contribution in [2.45, 2.75) is 33.4 Å². The highest BCUT2D eigenvalue weighted by atomic mass is 19.1. The predicted octanol–water partition coefficient (Wildman–Crippen LogP) is 3.49. The topological polar surface area (TPSA) is 27.1 Å². The lowest BCUT2D eigenvalue weighted by Gasteiger charge is -2.14. The van der Waals surface area contributed by atoms with Gasteiger partial charge >= 0.3 is 0 Å². The first-order valence-corrected chi connectivity index (χ1v) is 5.99. The Kier molecular flexibility index (Phi) is 3.65. The molecule has 0 aliphatic carbocycles. The van der Waals surface area contributed by atoms with Crippen molar-refractivity contribution in [3.8, 4) is 5.75 Å². The molecule has 0 saturated heterocycles. The fourth-order valence-corrected chi connectivity index (χ4v) is 1.99. The summed E-state index contributed by atoms with van der Waals surface area (Å²) < 4.78 is 20.5. The maximum absolute atomic E-state index is 12.8. The Morgan fingerprint density at radius 3 is 2.56 bits per heavy atom. The van der Waals surface area contributed by atoms with Crippen LogP contribution >= 0.6 is 0 Å². The second kappa shape index (κ2) is 5.21. The highest BCUT2D eigenvalue weighted by molar-refractivity contribution is 5.22. The van der Waals surface area contributed by atoms with Crippen molar-refractivity contribution in [2.75, 3.05) is 0 Å². The second-order valence-electron chi connectivity index (χ2n) is 4.52. The molecule has 0 saturated carbocycles. The molecule has 0 bridgehead atoms. The lowest BCUT2D eigenvalue weighted by atomic mass is 10.3. The number of aromatic nitrogens is 2. The molecule has 0 atom stereocenters. The van der Waals surface area contributed by atoms with Crippen LogP contribution in [0.1, 0.15) is 31.4 Å². The van der Waals surface area contributed by atoms with Crippen LogP contribution in [-0.4, -0.2) is 9.55 Å². The van der Waals surface area contributed by atoms with Gasteiger partial charge in [-0.25, -0.2) is 9.37 Å². The van der Waals surface area contributed by atoms with Crippen molar-refractivity contribution in [3.63, 3.8) is 0 Å². The molecule has 1 aromatic carbocycles. The zero-order valence-electron chi connectivity index (χ0n) is 10.9. The maximum atomic E-state index is 12.8. The largest absolute Gasteiger partial charge is 0.486 e. The number of nitrogens with zero attached hydrogens (tertiary/aromatic N) is 2. The molecule has 0 spiro atoms. The molecule has 0 unspecified atom stereocenters. The average Bonchev–Trinajstić information content (AvgIpc) is 2.70. The number of benzene rings is 1. The van der Waals surface area contributed by atoms with E-state index in [9.17, 15) is 4.39 Å². The molecule has 0 radical (unpaired) electrons. The molecule has 18 heavy (non-hydrogen) atoms. The highest BCUT2D eigenvalue weighted by Crippen LogP contribution is 2.16. The van der Waals surface area contributed by atoms with Gasteiger partial charge in [0.1, 0.15) is 24.0 Å². The first-order valence-electron chi connectivity index (χ1n) is 5.99. The van der Waals surface area contributed by atoms with E-state index in [0.717, 1.165) is 11.5 Å². The minimum absolute atomic E-state index is 0.262. The van der Waals surface area contributed by atoms with Gasteiger partial charge in [-0.15, -0.1) is 0 Å². The fourth-order valence-electron chi connectivity index (χ4n) is 1.99. The van der Waals surface area contributed by atoms with Gasteiger partial charge in [0.25, 0.3) is 0 Å². The molecule has 0 amide bonds. The lowest BCUT2D eigenvalue weighted by molar-refractivity contribution is 0.285. The van der Waals surface area contributed by atoms with Crippen LogP contribution in [0.2, 0.25) is 0 Å². The van der Waals surface area contributed by atoms with E-state index in [1.54, 1.807) is 12.1 Å². The molecular weight excluding hydrogens is 231 g/mol. The van der Waals surface area contributed by atoms with Gasteiger partial charge in [-0.05, 0) is 45.0 Å².